The minimum absolute atomic E-state index is 0. The van der Waals surface area contributed by atoms with Crippen molar-refractivity contribution in [3.63, 3.8) is 0 Å². The van der Waals surface area contributed by atoms with Crippen molar-refractivity contribution in [2.45, 2.75) is 24.1 Å². The second kappa shape index (κ2) is 4.08. The molecule has 0 saturated heterocycles. The minimum atomic E-state index is -6.83. The van der Waals surface area contributed by atoms with Crippen molar-refractivity contribution in [2.24, 2.45) is 0 Å². The number of hydrogen-bond acceptors (Lipinski definition) is 0. The Morgan fingerprint density at radius 3 is 0.933 bits per heavy atom. The van der Waals surface area contributed by atoms with Gasteiger partial charge in [0, 0.05) is 0 Å². The molecule has 3 N–H and O–H groups in total. The van der Waals surface area contributed by atoms with Gasteiger partial charge in [-0.3, -0.25) is 5.73 Å². The summed E-state index contributed by atoms with van der Waals surface area (Å²) in [5.74, 6) is -13.4. The maximum Gasteiger partial charge on any atom is 3.00 e. The second-order valence-corrected chi connectivity index (χ2v) is 2.35. The van der Waals surface area contributed by atoms with Crippen LogP contribution in [0.3, 0.4) is 0 Å². The van der Waals surface area contributed by atoms with E-state index in [0.29, 0.717) is 0 Å². The quantitative estimate of drug-likeness (QED) is 0.451. The first-order valence-corrected chi connectivity index (χ1v) is 2.80. The van der Waals surface area contributed by atoms with Crippen LogP contribution in [0.5, 0.6) is 0 Å². The van der Waals surface area contributed by atoms with Gasteiger partial charge in [0.25, 0.3) is 0 Å². The first-order chi connectivity index (χ1) is 5.75. The van der Waals surface area contributed by atoms with E-state index in [2.05, 4.69) is 0 Å². The van der Waals surface area contributed by atoms with Crippen LogP contribution in [0.1, 0.15) is 0 Å². The molecule has 0 aliphatic rings. The summed E-state index contributed by atoms with van der Waals surface area (Å²) < 4.78 is 105. The summed E-state index contributed by atoms with van der Waals surface area (Å²) in [7, 11) is 0. The number of quaternary nitrogens is 1. The molecule has 0 aromatic heterocycles. The molecule has 0 saturated carbocycles. The summed E-state index contributed by atoms with van der Waals surface area (Å²) in [6, 6.07) is -5.72. The molecule has 0 unspecified atom stereocenters. The second-order valence-electron chi connectivity index (χ2n) is 2.35. The standard InChI is InChI=1S/C4H2F9N.Ru/c5-1(6,3(9,10)11)2(7,8)4(12,13)14;/h14H2;/q;+3/p+1. The van der Waals surface area contributed by atoms with Crippen LogP contribution in [0.15, 0.2) is 0 Å². The van der Waals surface area contributed by atoms with E-state index in [4.69, 9.17) is 0 Å². The molecule has 0 bridgehead atoms. The van der Waals surface area contributed by atoms with Gasteiger partial charge in [-0.1, -0.05) is 0 Å². The van der Waals surface area contributed by atoms with E-state index in [1.54, 1.807) is 0 Å². The van der Waals surface area contributed by atoms with Crippen molar-refractivity contribution < 1.29 is 64.7 Å². The molecule has 0 spiro atoms. The third-order valence-corrected chi connectivity index (χ3v) is 1.21. The van der Waals surface area contributed by atoms with Crippen LogP contribution in [0, 0.1) is 0 Å². The van der Waals surface area contributed by atoms with Gasteiger partial charge in [0.05, 0.1) is 0 Å². The molecule has 0 atom stereocenters. The van der Waals surface area contributed by atoms with Gasteiger partial charge in [-0.15, -0.1) is 8.78 Å². The van der Waals surface area contributed by atoms with Gasteiger partial charge in [-0.25, -0.2) is 0 Å². The fraction of sp³-hybridized carbons (Fsp3) is 1.00. The van der Waals surface area contributed by atoms with Crippen LogP contribution < -0.4 is 5.73 Å². The SMILES string of the molecule is [NH3+]C(F)(F)C(F)(F)C(F)(F)C(F)(F)F.[Ru+3]. The van der Waals surface area contributed by atoms with Crippen LogP contribution in [0.25, 0.3) is 0 Å². The molecule has 0 amide bonds. The van der Waals surface area contributed by atoms with Gasteiger partial charge >= 0.3 is 43.5 Å². The molecule has 11 heteroatoms. The van der Waals surface area contributed by atoms with E-state index in [0.717, 1.165) is 0 Å². The van der Waals surface area contributed by atoms with E-state index >= 15 is 0 Å². The number of hydrogen-bond donors (Lipinski definition) is 1. The van der Waals surface area contributed by atoms with Crippen LogP contribution >= 0.6 is 0 Å². The van der Waals surface area contributed by atoms with Gasteiger partial charge in [-0.2, -0.15) is 30.7 Å². The molecular weight excluding hydrogens is 334 g/mol. The zero-order chi connectivity index (χ0) is 12.0. The first kappa shape index (κ1) is 17.4. The Morgan fingerprint density at radius 2 is 0.867 bits per heavy atom. The Hall–Kier alpha value is -0.0466. The largest absolute Gasteiger partial charge is 3.00 e. The Kier molecular flexibility index (Phi) is 4.72. The molecule has 15 heavy (non-hydrogen) atoms. The Balaban J connectivity index is 0. The zero-order valence-corrected chi connectivity index (χ0v) is 8.20. The van der Waals surface area contributed by atoms with Gasteiger partial charge in [0.1, 0.15) is 0 Å². The van der Waals surface area contributed by atoms with Gasteiger partial charge in [0.2, 0.25) is 0 Å². The molecule has 0 aliphatic carbocycles. The monoisotopic (exact) mass is 338 g/mol. The summed E-state index contributed by atoms with van der Waals surface area (Å²) in [5.41, 5.74) is 1.26. The van der Waals surface area contributed by atoms with Crippen molar-refractivity contribution in [1.29, 1.82) is 0 Å². The van der Waals surface area contributed by atoms with Crippen molar-refractivity contribution in [2.75, 3.05) is 0 Å². The molecule has 0 rings (SSSR count). The molecule has 0 heterocycles. The predicted molar refractivity (Wildman–Crippen MR) is 23.8 cm³/mol. The first-order valence-electron chi connectivity index (χ1n) is 2.80. The summed E-state index contributed by atoms with van der Waals surface area (Å²) in [6.07, 6.45) is -6.77. The maximum atomic E-state index is 11.9. The minimum Gasteiger partial charge on any atom is -0.291 e. The Morgan fingerprint density at radius 1 is 0.600 bits per heavy atom. The van der Waals surface area contributed by atoms with Crippen LogP contribution in [-0.4, -0.2) is 24.1 Å². The molecule has 0 aromatic carbocycles. The van der Waals surface area contributed by atoms with E-state index in [-0.39, 0.29) is 19.5 Å². The van der Waals surface area contributed by atoms with Crippen molar-refractivity contribution >= 4 is 0 Å². The Bertz CT molecular complexity index is 191. The predicted octanol–water partition coefficient (Wildman–Crippen LogP) is 1.65. The molecule has 0 aromatic rings. The number of alkyl halides is 9. The van der Waals surface area contributed by atoms with E-state index in [9.17, 15) is 39.5 Å². The molecule has 0 fully saturated rings. The van der Waals surface area contributed by atoms with Crippen LogP contribution in [0.4, 0.5) is 39.5 Å². The Labute approximate surface area is 89.5 Å². The van der Waals surface area contributed by atoms with Gasteiger partial charge < -0.3 is 0 Å². The van der Waals surface area contributed by atoms with E-state index in [1.807, 2.05) is 0 Å². The average molecular weight is 337 g/mol. The number of rotatable bonds is 2. The summed E-state index contributed by atoms with van der Waals surface area (Å²) in [5, 5.41) is 0. The van der Waals surface area contributed by atoms with Gasteiger partial charge in [0.15, 0.2) is 0 Å². The average Bonchev–Trinajstić information content (AvgIpc) is 1.81. The maximum absolute atomic E-state index is 11.9. The van der Waals surface area contributed by atoms with Crippen molar-refractivity contribution in [3.8, 4) is 0 Å². The van der Waals surface area contributed by atoms with Crippen LogP contribution in [0.2, 0.25) is 0 Å². The van der Waals surface area contributed by atoms with Gasteiger partial charge in [-0.05, 0) is 0 Å². The summed E-state index contributed by atoms with van der Waals surface area (Å²) in [6.45, 7) is 0. The van der Waals surface area contributed by atoms with E-state index < -0.39 is 24.1 Å². The fourth-order valence-electron chi connectivity index (χ4n) is 0.408. The van der Waals surface area contributed by atoms with Crippen molar-refractivity contribution in [3.05, 3.63) is 0 Å². The van der Waals surface area contributed by atoms with Crippen LogP contribution in [-0.2, 0) is 19.5 Å². The third kappa shape index (κ3) is 2.74. The topological polar surface area (TPSA) is 27.6 Å². The number of halogens is 9. The zero-order valence-electron chi connectivity index (χ0n) is 6.46. The fourth-order valence-corrected chi connectivity index (χ4v) is 0.408. The molecule has 0 aliphatic heterocycles. The molecular formula is C4H3F9NRu+4. The molecule has 1 radical (unpaired) electrons. The summed E-state index contributed by atoms with van der Waals surface area (Å²) >= 11 is 0. The van der Waals surface area contributed by atoms with E-state index in [1.165, 1.54) is 5.73 Å². The smallest absolute Gasteiger partial charge is 0.291 e. The molecule has 1 nitrogen and oxygen atoms in total. The normalized spacial score (nSPS) is 14.8. The molecule has 91 valence electrons. The summed E-state index contributed by atoms with van der Waals surface area (Å²) in [4.78, 5) is 0. The van der Waals surface area contributed by atoms with Crippen molar-refractivity contribution in [1.82, 2.24) is 0 Å². The third-order valence-electron chi connectivity index (χ3n) is 1.21.